The van der Waals surface area contributed by atoms with Gasteiger partial charge in [0.25, 0.3) is 11.1 Å². The van der Waals surface area contributed by atoms with E-state index < -0.39 is 23.2 Å². The fourth-order valence-electron chi connectivity index (χ4n) is 4.09. The van der Waals surface area contributed by atoms with Crippen LogP contribution >= 0.6 is 23.4 Å². The molecule has 2 amide bonds. The Morgan fingerprint density at radius 2 is 1.76 bits per heavy atom. The fraction of sp³-hybridized carbons (Fsp3) is 0.250. The van der Waals surface area contributed by atoms with E-state index in [1.54, 1.807) is 13.0 Å². The van der Waals surface area contributed by atoms with Crippen molar-refractivity contribution in [3.63, 3.8) is 0 Å². The number of aromatic nitrogens is 1. The number of rotatable bonds is 8. The maximum absolute atomic E-state index is 12.9. The first-order valence-corrected chi connectivity index (χ1v) is 13.0. The van der Waals surface area contributed by atoms with Crippen molar-refractivity contribution in [3.05, 3.63) is 87.0 Å². The Morgan fingerprint density at radius 1 is 1.08 bits per heavy atom. The van der Waals surface area contributed by atoms with Crippen LogP contribution in [-0.4, -0.2) is 39.2 Å². The van der Waals surface area contributed by atoms with Crippen LogP contribution in [0.25, 0.3) is 11.8 Å². The molecule has 0 radical (unpaired) electrons. The summed E-state index contributed by atoms with van der Waals surface area (Å²) in [6, 6.07) is 16.3. The summed E-state index contributed by atoms with van der Waals surface area (Å²) in [6.07, 6.45) is 1.70. The molecule has 1 atom stereocenters. The van der Waals surface area contributed by atoms with Gasteiger partial charge >= 0.3 is 5.97 Å². The topological polar surface area (TPSA) is 77.8 Å². The third-order valence-electron chi connectivity index (χ3n) is 6.01. The van der Waals surface area contributed by atoms with Crippen molar-refractivity contribution in [1.29, 1.82) is 0 Å². The molecule has 9 heteroatoms. The molecule has 2 heterocycles. The summed E-state index contributed by atoms with van der Waals surface area (Å²) in [5.74, 6) is -0.363. The van der Waals surface area contributed by atoms with Crippen LogP contribution in [0.3, 0.4) is 0 Å². The maximum atomic E-state index is 12.9. The Kier molecular flexibility index (Phi) is 8.10. The summed E-state index contributed by atoms with van der Waals surface area (Å²) in [7, 11) is 0. The van der Waals surface area contributed by atoms with Gasteiger partial charge in [-0.05, 0) is 99.1 Å². The van der Waals surface area contributed by atoms with Crippen LogP contribution in [0, 0.1) is 13.8 Å². The van der Waals surface area contributed by atoms with Crippen molar-refractivity contribution in [2.75, 3.05) is 6.61 Å². The number of hydrogen-bond donors (Lipinski definition) is 0. The molecule has 2 aromatic carbocycles. The molecular formula is C28H27ClN2O5S. The first-order chi connectivity index (χ1) is 17.7. The number of ether oxygens (including phenoxy) is 2. The molecule has 0 unspecified atom stereocenters. The summed E-state index contributed by atoms with van der Waals surface area (Å²) in [5, 5.41) is 0.200. The fourth-order valence-corrected chi connectivity index (χ4v) is 5.12. The van der Waals surface area contributed by atoms with E-state index in [4.69, 9.17) is 21.1 Å². The molecule has 1 aliphatic rings. The van der Waals surface area contributed by atoms with E-state index in [-0.39, 0.29) is 11.5 Å². The second-order valence-electron chi connectivity index (χ2n) is 8.55. The van der Waals surface area contributed by atoms with Crippen molar-refractivity contribution < 1.29 is 23.9 Å². The number of benzene rings is 2. The number of carbonyl (C=O) groups is 3. The highest BCUT2D eigenvalue weighted by Gasteiger charge is 2.41. The lowest BCUT2D eigenvalue weighted by atomic mass is 10.2. The molecule has 7 nitrogen and oxygen atoms in total. The smallest absolute Gasteiger partial charge is 0.329 e. The van der Waals surface area contributed by atoms with Gasteiger partial charge in [-0.2, -0.15) is 0 Å². The Balaban J connectivity index is 1.51. The van der Waals surface area contributed by atoms with Crippen molar-refractivity contribution in [2.45, 2.75) is 40.3 Å². The molecule has 4 rings (SSSR count). The number of thioether (sulfide) groups is 1. The predicted molar refractivity (Wildman–Crippen MR) is 145 cm³/mol. The third kappa shape index (κ3) is 5.76. The summed E-state index contributed by atoms with van der Waals surface area (Å²) < 4.78 is 12.9. The second-order valence-corrected chi connectivity index (χ2v) is 9.98. The van der Waals surface area contributed by atoms with Crippen LogP contribution in [0.15, 0.2) is 59.5 Å². The van der Waals surface area contributed by atoms with Crippen LogP contribution in [0.5, 0.6) is 5.75 Å². The normalized spacial score (nSPS) is 15.4. The first kappa shape index (κ1) is 26.6. The number of amides is 2. The second kappa shape index (κ2) is 11.3. The van der Waals surface area contributed by atoms with Crippen molar-refractivity contribution >= 4 is 46.6 Å². The third-order valence-corrected chi connectivity index (χ3v) is 7.14. The van der Waals surface area contributed by atoms with Crippen molar-refractivity contribution in [1.82, 2.24) is 9.47 Å². The van der Waals surface area contributed by atoms with Gasteiger partial charge in [-0.15, -0.1) is 0 Å². The standard InChI is InChI=1S/C28H27ClN2O5S/c1-5-35-27(33)19(4)31-26(32)25(37-28(31)34)15-21-14-17(2)30(18(21)3)23-10-12-24(13-11-23)36-16-20-6-8-22(29)9-7-20/h6-15,19H,5,16H2,1-4H3/b25-15+/t19-/m1/s1. The van der Waals surface area contributed by atoms with E-state index in [0.29, 0.717) is 11.6 Å². The maximum Gasteiger partial charge on any atom is 0.329 e. The van der Waals surface area contributed by atoms with E-state index in [2.05, 4.69) is 4.57 Å². The minimum absolute atomic E-state index is 0.177. The van der Waals surface area contributed by atoms with Gasteiger partial charge < -0.3 is 14.0 Å². The van der Waals surface area contributed by atoms with E-state index in [1.807, 2.05) is 68.4 Å². The zero-order valence-corrected chi connectivity index (χ0v) is 22.6. The molecule has 1 aliphatic heterocycles. The van der Waals surface area contributed by atoms with E-state index in [9.17, 15) is 14.4 Å². The molecular weight excluding hydrogens is 512 g/mol. The van der Waals surface area contributed by atoms with Gasteiger partial charge in [0.05, 0.1) is 11.5 Å². The molecule has 3 aromatic rings. The van der Waals surface area contributed by atoms with Crippen LogP contribution in [0.1, 0.15) is 36.4 Å². The lowest BCUT2D eigenvalue weighted by molar-refractivity contribution is -0.150. The average Bonchev–Trinajstić information content (AvgIpc) is 3.31. The number of imide groups is 1. The molecule has 192 valence electrons. The summed E-state index contributed by atoms with van der Waals surface area (Å²) >= 11 is 6.76. The molecule has 1 aromatic heterocycles. The zero-order valence-electron chi connectivity index (χ0n) is 21.0. The van der Waals surface area contributed by atoms with E-state index >= 15 is 0 Å². The Labute approximate surface area is 225 Å². The molecule has 1 fully saturated rings. The molecule has 1 saturated heterocycles. The van der Waals surface area contributed by atoms with Crippen LogP contribution in [-0.2, 0) is 20.9 Å². The summed E-state index contributed by atoms with van der Waals surface area (Å²) in [4.78, 5) is 38.7. The van der Waals surface area contributed by atoms with Gasteiger partial charge in [-0.1, -0.05) is 23.7 Å². The first-order valence-electron chi connectivity index (χ1n) is 11.8. The van der Waals surface area contributed by atoms with E-state index in [1.165, 1.54) is 6.92 Å². The van der Waals surface area contributed by atoms with Gasteiger partial charge in [0.1, 0.15) is 18.4 Å². The van der Waals surface area contributed by atoms with Crippen LogP contribution < -0.4 is 4.74 Å². The molecule has 0 N–H and O–H groups in total. The number of hydrogen-bond acceptors (Lipinski definition) is 6. The molecule has 0 aliphatic carbocycles. The highest BCUT2D eigenvalue weighted by molar-refractivity contribution is 8.18. The van der Waals surface area contributed by atoms with E-state index in [0.717, 1.165) is 50.6 Å². The Hall–Kier alpha value is -3.49. The average molecular weight is 539 g/mol. The summed E-state index contributed by atoms with van der Waals surface area (Å²) in [6.45, 7) is 7.71. The van der Waals surface area contributed by atoms with Gasteiger partial charge in [0.15, 0.2) is 0 Å². The van der Waals surface area contributed by atoms with Gasteiger partial charge in [0, 0.05) is 22.1 Å². The molecule has 0 bridgehead atoms. The number of carbonyl (C=O) groups excluding carboxylic acids is 3. The zero-order chi connectivity index (χ0) is 26.7. The highest BCUT2D eigenvalue weighted by Crippen LogP contribution is 2.35. The summed E-state index contributed by atoms with van der Waals surface area (Å²) in [5.41, 5.74) is 4.67. The largest absolute Gasteiger partial charge is 0.489 e. The van der Waals surface area contributed by atoms with Gasteiger partial charge in [0.2, 0.25) is 0 Å². The minimum atomic E-state index is -0.980. The highest BCUT2D eigenvalue weighted by atomic mass is 35.5. The SMILES string of the molecule is CCOC(=O)[C@@H](C)N1C(=O)S/C(=C/c2cc(C)n(-c3ccc(OCc4ccc(Cl)cc4)cc3)c2C)C1=O. The molecule has 37 heavy (non-hydrogen) atoms. The van der Waals surface area contributed by atoms with Gasteiger partial charge in [-0.25, -0.2) is 4.79 Å². The molecule has 0 spiro atoms. The van der Waals surface area contributed by atoms with Crippen molar-refractivity contribution in [3.8, 4) is 11.4 Å². The predicted octanol–water partition coefficient (Wildman–Crippen LogP) is 6.31. The lowest BCUT2D eigenvalue weighted by Crippen LogP contribution is -2.42. The quantitative estimate of drug-likeness (QED) is 0.247. The lowest BCUT2D eigenvalue weighted by Gasteiger charge is -2.19. The Morgan fingerprint density at radius 3 is 2.41 bits per heavy atom. The minimum Gasteiger partial charge on any atom is -0.489 e. The number of halogens is 1. The molecule has 0 saturated carbocycles. The monoisotopic (exact) mass is 538 g/mol. The van der Waals surface area contributed by atoms with Crippen LogP contribution in [0.4, 0.5) is 4.79 Å². The van der Waals surface area contributed by atoms with Crippen molar-refractivity contribution in [2.24, 2.45) is 0 Å². The van der Waals surface area contributed by atoms with Crippen LogP contribution in [0.2, 0.25) is 5.02 Å². The Bertz CT molecular complexity index is 1360. The number of nitrogens with zero attached hydrogens (tertiary/aromatic N) is 2. The number of esters is 1. The number of aryl methyl sites for hydroxylation is 1. The van der Waals surface area contributed by atoms with Gasteiger partial charge in [-0.3, -0.25) is 14.5 Å².